The van der Waals surface area contributed by atoms with Crippen molar-refractivity contribution in [3.8, 4) is 0 Å². The molecule has 0 bridgehead atoms. The quantitative estimate of drug-likeness (QED) is 0.894. The van der Waals surface area contributed by atoms with Gasteiger partial charge in [0.2, 0.25) is 0 Å². The maximum Gasteiger partial charge on any atom is 0.123 e. The Morgan fingerprint density at radius 2 is 1.95 bits per heavy atom. The Balaban J connectivity index is 2.08. The molecule has 4 heteroatoms. The van der Waals surface area contributed by atoms with E-state index in [-0.39, 0.29) is 5.82 Å². The van der Waals surface area contributed by atoms with Crippen LogP contribution in [-0.4, -0.2) is 19.1 Å². The molecule has 0 aliphatic rings. The number of benzene rings is 1. The Morgan fingerprint density at radius 1 is 1.21 bits per heavy atom. The number of nitrogens with zero attached hydrogens (tertiary/aromatic N) is 2. The Hall–Kier alpha value is -1.94. The van der Waals surface area contributed by atoms with Gasteiger partial charge in [0.15, 0.2) is 0 Å². The van der Waals surface area contributed by atoms with Crippen LogP contribution in [0.15, 0.2) is 42.6 Å². The molecule has 1 aromatic heterocycles. The zero-order chi connectivity index (χ0) is 13.7. The Labute approximate surface area is 113 Å². The zero-order valence-electron chi connectivity index (χ0n) is 11.2. The molecule has 0 atom stereocenters. The lowest BCUT2D eigenvalue weighted by Crippen LogP contribution is -2.17. The molecule has 19 heavy (non-hydrogen) atoms. The first-order valence-corrected chi connectivity index (χ1v) is 6.24. The Morgan fingerprint density at radius 3 is 2.63 bits per heavy atom. The molecule has 0 saturated heterocycles. The molecule has 0 fully saturated rings. The van der Waals surface area contributed by atoms with Crippen LogP contribution in [0.2, 0.25) is 0 Å². The second kappa shape index (κ2) is 6.29. The zero-order valence-corrected chi connectivity index (χ0v) is 11.2. The maximum absolute atomic E-state index is 12.9. The van der Waals surface area contributed by atoms with Crippen LogP contribution in [0.25, 0.3) is 0 Å². The van der Waals surface area contributed by atoms with Gasteiger partial charge in [0, 0.05) is 32.0 Å². The summed E-state index contributed by atoms with van der Waals surface area (Å²) in [5.74, 6) is -0.202. The molecule has 2 aromatic rings. The fourth-order valence-corrected chi connectivity index (χ4v) is 1.94. The molecular weight excluding hydrogens is 241 g/mol. The van der Waals surface area contributed by atoms with Crippen LogP contribution in [0.4, 0.5) is 10.1 Å². The average molecular weight is 259 g/mol. The maximum atomic E-state index is 12.9. The molecule has 1 N–H and O–H groups in total. The first-order chi connectivity index (χ1) is 9.19. The molecule has 2 rings (SSSR count). The summed E-state index contributed by atoms with van der Waals surface area (Å²) in [6.45, 7) is 1.49. The highest BCUT2D eigenvalue weighted by atomic mass is 19.1. The molecule has 0 spiro atoms. The lowest BCUT2D eigenvalue weighted by atomic mass is 10.2. The van der Waals surface area contributed by atoms with Gasteiger partial charge < -0.3 is 10.2 Å². The fraction of sp³-hybridized carbons (Fsp3) is 0.267. The highest BCUT2D eigenvalue weighted by molar-refractivity contribution is 5.46. The Kier molecular flexibility index (Phi) is 4.47. The number of nitrogens with one attached hydrogen (secondary N) is 1. The first-order valence-electron chi connectivity index (χ1n) is 6.24. The van der Waals surface area contributed by atoms with Gasteiger partial charge in [0.1, 0.15) is 5.82 Å². The molecule has 100 valence electrons. The van der Waals surface area contributed by atoms with Crippen molar-refractivity contribution in [3.05, 3.63) is 59.7 Å². The molecule has 0 saturated carbocycles. The van der Waals surface area contributed by atoms with Crippen molar-refractivity contribution in [3.63, 3.8) is 0 Å². The van der Waals surface area contributed by atoms with Crippen LogP contribution >= 0.6 is 0 Å². The van der Waals surface area contributed by atoms with E-state index in [2.05, 4.69) is 21.3 Å². The molecule has 0 radical (unpaired) electrons. The summed E-state index contributed by atoms with van der Waals surface area (Å²) in [6.07, 6.45) is 1.81. The number of hydrogen-bond donors (Lipinski definition) is 1. The largest absolute Gasteiger partial charge is 0.370 e. The van der Waals surface area contributed by atoms with Crippen molar-refractivity contribution < 1.29 is 4.39 Å². The van der Waals surface area contributed by atoms with E-state index >= 15 is 0 Å². The molecule has 3 nitrogen and oxygen atoms in total. The molecule has 0 amide bonds. The minimum atomic E-state index is -0.202. The molecule has 0 aliphatic heterocycles. The van der Waals surface area contributed by atoms with E-state index in [1.807, 2.05) is 38.5 Å². The molecule has 1 heterocycles. The summed E-state index contributed by atoms with van der Waals surface area (Å²) < 4.78 is 12.9. The van der Waals surface area contributed by atoms with Crippen LogP contribution in [0, 0.1) is 5.82 Å². The van der Waals surface area contributed by atoms with Gasteiger partial charge in [0.25, 0.3) is 0 Å². The minimum Gasteiger partial charge on any atom is -0.370 e. The van der Waals surface area contributed by atoms with Crippen molar-refractivity contribution in [2.45, 2.75) is 13.1 Å². The van der Waals surface area contributed by atoms with E-state index in [1.165, 1.54) is 12.1 Å². The van der Waals surface area contributed by atoms with E-state index in [4.69, 9.17) is 0 Å². The second-order valence-corrected chi connectivity index (χ2v) is 4.52. The van der Waals surface area contributed by atoms with Gasteiger partial charge in [-0.1, -0.05) is 12.1 Å². The number of hydrogen-bond acceptors (Lipinski definition) is 3. The third-order valence-electron chi connectivity index (χ3n) is 2.93. The highest BCUT2D eigenvalue weighted by Crippen LogP contribution is 2.16. The van der Waals surface area contributed by atoms with Gasteiger partial charge in [-0.15, -0.1) is 0 Å². The lowest BCUT2D eigenvalue weighted by molar-refractivity contribution is 0.627. The highest BCUT2D eigenvalue weighted by Gasteiger charge is 2.04. The van der Waals surface area contributed by atoms with Gasteiger partial charge in [0.05, 0.1) is 5.69 Å². The molecule has 0 unspecified atom stereocenters. The average Bonchev–Trinajstić information content (AvgIpc) is 2.42. The third-order valence-corrected chi connectivity index (χ3v) is 2.93. The normalized spacial score (nSPS) is 10.5. The number of anilines is 1. The van der Waals surface area contributed by atoms with Crippen LogP contribution in [0.1, 0.15) is 11.3 Å². The van der Waals surface area contributed by atoms with E-state index < -0.39 is 0 Å². The van der Waals surface area contributed by atoms with Crippen LogP contribution < -0.4 is 10.2 Å². The van der Waals surface area contributed by atoms with Crippen LogP contribution in [0.5, 0.6) is 0 Å². The minimum absolute atomic E-state index is 0.202. The van der Waals surface area contributed by atoms with Gasteiger partial charge in [-0.25, -0.2) is 4.39 Å². The summed E-state index contributed by atoms with van der Waals surface area (Å²) in [5, 5.41) is 3.08. The van der Waals surface area contributed by atoms with Crippen LogP contribution in [-0.2, 0) is 13.1 Å². The van der Waals surface area contributed by atoms with Crippen molar-refractivity contribution >= 4 is 5.69 Å². The van der Waals surface area contributed by atoms with E-state index in [9.17, 15) is 4.39 Å². The predicted octanol–water partition coefficient (Wildman–Crippen LogP) is 2.58. The van der Waals surface area contributed by atoms with E-state index in [0.29, 0.717) is 0 Å². The standard InChI is InChI=1S/C15H18FN3/c1-17-10-14-9-15(7-8-18-14)19(2)11-12-3-5-13(16)6-4-12/h3-9,17H,10-11H2,1-2H3. The van der Waals surface area contributed by atoms with Gasteiger partial charge in [-0.3, -0.25) is 4.98 Å². The summed E-state index contributed by atoms with van der Waals surface area (Å²) in [4.78, 5) is 6.41. The number of halogens is 1. The summed E-state index contributed by atoms with van der Waals surface area (Å²) in [7, 11) is 3.92. The monoisotopic (exact) mass is 259 g/mol. The summed E-state index contributed by atoms with van der Waals surface area (Å²) >= 11 is 0. The first kappa shape index (κ1) is 13.5. The van der Waals surface area contributed by atoms with Gasteiger partial charge in [-0.05, 0) is 36.9 Å². The molecule has 0 aliphatic carbocycles. The van der Waals surface area contributed by atoms with Gasteiger partial charge in [-0.2, -0.15) is 0 Å². The molecular formula is C15H18FN3. The SMILES string of the molecule is CNCc1cc(N(C)Cc2ccc(F)cc2)ccn1. The topological polar surface area (TPSA) is 28.2 Å². The fourth-order valence-electron chi connectivity index (χ4n) is 1.94. The Bertz CT molecular complexity index is 525. The van der Waals surface area contributed by atoms with E-state index in [0.717, 1.165) is 30.0 Å². The summed E-state index contributed by atoms with van der Waals surface area (Å²) in [6, 6.07) is 10.6. The van der Waals surface area contributed by atoms with Crippen LogP contribution in [0.3, 0.4) is 0 Å². The summed E-state index contributed by atoms with van der Waals surface area (Å²) in [5.41, 5.74) is 3.19. The van der Waals surface area contributed by atoms with Crippen molar-refractivity contribution in [2.75, 3.05) is 19.0 Å². The van der Waals surface area contributed by atoms with Crippen molar-refractivity contribution in [1.29, 1.82) is 0 Å². The second-order valence-electron chi connectivity index (χ2n) is 4.52. The van der Waals surface area contributed by atoms with Crippen molar-refractivity contribution in [1.82, 2.24) is 10.3 Å². The number of rotatable bonds is 5. The predicted molar refractivity (Wildman–Crippen MR) is 75.5 cm³/mol. The smallest absolute Gasteiger partial charge is 0.123 e. The number of aromatic nitrogens is 1. The third kappa shape index (κ3) is 3.76. The van der Waals surface area contributed by atoms with Gasteiger partial charge >= 0.3 is 0 Å². The van der Waals surface area contributed by atoms with E-state index in [1.54, 1.807) is 0 Å². The molecule has 1 aromatic carbocycles. The lowest BCUT2D eigenvalue weighted by Gasteiger charge is -2.20. The number of pyridine rings is 1. The van der Waals surface area contributed by atoms with Crippen molar-refractivity contribution in [2.24, 2.45) is 0 Å².